The Labute approximate surface area is 300 Å². The Morgan fingerprint density at radius 3 is 2.58 bits per heavy atom. The SMILES string of the molecule is CCCC(c1c(F)cc(-n2cc3cc(-c4cc(CCCC(C)N)cc(Cl)c4F)[nH]c3nc2=O)cc1SC)N(CCCF)CCCN=C(N)CN. The third-order valence-electron chi connectivity index (χ3n) is 8.63. The molecule has 0 saturated heterocycles. The van der Waals surface area contributed by atoms with E-state index in [1.165, 1.54) is 22.4 Å². The molecule has 9 nitrogen and oxygen atoms in total. The number of aromatic amines is 1. The number of amidine groups is 1. The number of hydrogen-bond donors (Lipinski definition) is 4. The van der Waals surface area contributed by atoms with Gasteiger partial charge in [-0.05, 0) is 87.6 Å². The van der Waals surface area contributed by atoms with Gasteiger partial charge in [0.1, 0.15) is 17.3 Å². The largest absolute Gasteiger partial charge is 0.386 e. The lowest BCUT2D eigenvalue weighted by Crippen LogP contribution is -2.33. The van der Waals surface area contributed by atoms with E-state index in [0.29, 0.717) is 78.4 Å². The topological polar surface area (TPSA) is 144 Å². The number of rotatable bonds is 19. The number of nitrogens with one attached hydrogen (secondary N) is 1. The first-order valence-corrected chi connectivity index (χ1v) is 18.6. The Hall–Kier alpha value is -3.36. The van der Waals surface area contributed by atoms with Gasteiger partial charge in [-0.15, -0.1) is 11.8 Å². The van der Waals surface area contributed by atoms with Gasteiger partial charge in [0.05, 0.1) is 29.6 Å². The molecule has 0 radical (unpaired) electrons. The van der Waals surface area contributed by atoms with Gasteiger partial charge >= 0.3 is 5.69 Å². The number of nitrogens with two attached hydrogens (primary N) is 3. The molecule has 2 aromatic heterocycles. The van der Waals surface area contributed by atoms with Crippen LogP contribution in [0.5, 0.6) is 0 Å². The van der Waals surface area contributed by atoms with Gasteiger partial charge in [-0.1, -0.05) is 24.9 Å². The van der Waals surface area contributed by atoms with E-state index in [1.54, 1.807) is 30.5 Å². The molecular formula is C36H48ClF3N8OS. The fourth-order valence-electron chi connectivity index (χ4n) is 6.18. The number of thioether (sulfide) groups is 1. The molecule has 4 aromatic rings. The average molecular weight is 733 g/mol. The van der Waals surface area contributed by atoms with Crippen LogP contribution in [0.25, 0.3) is 28.0 Å². The number of aliphatic imine (C=N–C) groups is 1. The molecule has 272 valence electrons. The first-order valence-electron chi connectivity index (χ1n) is 17.0. The number of H-pyrrole nitrogens is 1. The zero-order valence-corrected chi connectivity index (χ0v) is 30.5. The van der Waals surface area contributed by atoms with Gasteiger partial charge in [-0.25, -0.2) is 13.6 Å². The molecule has 0 spiro atoms. The van der Waals surface area contributed by atoms with Crippen LogP contribution in [-0.4, -0.2) is 70.4 Å². The maximum absolute atomic E-state index is 16.3. The standard InChI is InChI=1S/C36H48ClF3N8OS/c1-4-8-30(47(13-6-11-38)14-7-12-44-32(43)20-41)33-28(39)18-25(19-31(33)50-3)48-21-24-17-29(45-35(24)46-36(48)49)26-15-23(10-5-9-22(2)42)16-27(37)34(26)40/h15-19,21-22,30H,4-14,20,41-42H2,1-3H3,(H2,43,44)(H,45,46,49). The van der Waals surface area contributed by atoms with Crippen molar-refractivity contribution in [1.82, 2.24) is 19.4 Å². The van der Waals surface area contributed by atoms with E-state index in [0.717, 1.165) is 24.8 Å². The van der Waals surface area contributed by atoms with Crippen molar-refractivity contribution in [3.8, 4) is 16.9 Å². The second-order valence-corrected chi connectivity index (χ2v) is 13.8. The summed E-state index contributed by atoms with van der Waals surface area (Å²) in [5, 5.41) is 0.533. The molecule has 0 saturated carbocycles. The number of alkyl halides is 1. The number of hydrogen-bond acceptors (Lipinski definition) is 7. The molecule has 0 fully saturated rings. The minimum Gasteiger partial charge on any atom is -0.386 e. The summed E-state index contributed by atoms with van der Waals surface area (Å²) >= 11 is 7.65. The van der Waals surface area contributed by atoms with E-state index >= 15 is 8.78 Å². The van der Waals surface area contributed by atoms with Crippen LogP contribution in [0, 0.1) is 11.6 Å². The van der Waals surface area contributed by atoms with Gasteiger partial charge in [-0.3, -0.25) is 18.8 Å². The first kappa shape index (κ1) is 39.4. The Bertz CT molecular complexity index is 1830. The van der Waals surface area contributed by atoms with E-state index in [1.807, 2.05) is 20.1 Å². The molecule has 2 unspecified atom stereocenters. The molecule has 7 N–H and O–H groups in total. The summed E-state index contributed by atoms with van der Waals surface area (Å²) in [6, 6.07) is 7.92. The lowest BCUT2D eigenvalue weighted by molar-refractivity contribution is 0.172. The molecule has 50 heavy (non-hydrogen) atoms. The summed E-state index contributed by atoms with van der Waals surface area (Å²) in [5.74, 6) is -0.688. The number of fused-ring (bicyclic) bond motifs is 1. The molecule has 2 heterocycles. The Morgan fingerprint density at radius 1 is 1.14 bits per heavy atom. The third kappa shape index (κ3) is 9.91. The van der Waals surface area contributed by atoms with Gasteiger partial charge in [-0.2, -0.15) is 4.98 Å². The molecule has 2 aromatic carbocycles. The fourth-order valence-corrected chi connectivity index (χ4v) is 7.11. The molecule has 0 bridgehead atoms. The number of halogens is 4. The van der Waals surface area contributed by atoms with Crippen molar-refractivity contribution < 1.29 is 13.2 Å². The average Bonchev–Trinajstić information content (AvgIpc) is 3.50. The van der Waals surface area contributed by atoms with Crippen molar-refractivity contribution in [3.63, 3.8) is 0 Å². The molecule has 4 rings (SSSR count). The van der Waals surface area contributed by atoms with Crippen molar-refractivity contribution in [3.05, 3.63) is 74.8 Å². The summed E-state index contributed by atoms with van der Waals surface area (Å²) in [7, 11) is 0. The first-order chi connectivity index (χ1) is 24.0. The van der Waals surface area contributed by atoms with Gasteiger partial charge in [0.15, 0.2) is 5.82 Å². The zero-order valence-electron chi connectivity index (χ0n) is 29.0. The molecular weight excluding hydrogens is 685 g/mol. The number of aromatic nitrogens is 3. The van der Waals surface area contributed by atoms with Crippen LogP contribution >= 0.6 is 23.4 Å². The summed E-state index contributed by atoms with van der Waals surface area (Å²) in [6.45, 7) is 5.14. The van der Waals surface area contributed by atoms with Crippen LogP contribution < -0.4 is 22.9 Å². The molecule has 0 aliphatic heterocycles. The number of benzene rings is 2. The van der Waals surface area contributed by atoms with Crippen molar-refractivity contribution >= 4 is 40.2 Å². The van der Waals surface area contributed by atoms with E-state index in [2.05, 4.69) is 19.9 Å². The number of nitrogens with zero attached hydrogens (tertiary/aromatic N) is 4. The highest BCUT2D eigenvalue weighted by Crippen LogP contribution is 2.37. The Kier molecular flexibility index (Phi) is 14.8. The molecule has 2 atom stereocenters. The van der Waals surface area contributed by atoms with Crippen molar-refractivity contribution in [2.45, 2.75) is 75.8 Å². The zero-order chi connectivity index (χ0) is 36.4. The number of aryl methyl sites for hydroxylation is 1. The highest BCUT2D eigenvalue weighted by atomic mass is 35.5. The minimum absolute atomic E-state index is 0.000849. The van der Waals surface area contributed by atoms with E-state index < -0.39 is 24.0 Å². The fraction of sp³-hybridized carbons (Fsp3) is 0.472. The summed E-state index contributed by atoms with van der Waals surface area (Å²) in [5.41, 5.74) is 19.2. The van der Waals surface area contributed by atoms with E-state index in [4.69, 9.17) is 28.8 Å². The molecule has 0 amide bonds. The van der Waals surface area contributed by atoms with Gasteiger partial charge in [0.25, 0.3) is 0 Å². The quantitative estimate of drug-likeness (QED) is 0.0355. The second kappa shape index (κ2) is 18.8. The predicted molar refractivity (Wildman–Crippen MR) is 200 cm³/mol. The Balaban J connectivity index is 1.70. The predicted octanol–water partition coefficient (Wildman–Crippen LogP) is 6.91. The summed E-state index contributed by atoms with van der Waals surface area (Å²) < 4.78 is 46.3. The van der Waals surface area contributed by atoms with Gasteiger partial charge in [0.2, 0.25) is 0 Å². The van der Waals surface area contributed by atoms with Crippen LogP contribution in [-0.2, 0) is 6.42 Å². The minimum atomic E-state index is -0.625. The Morgan fingerprint density at radius 2 is 1.90 bits per heavy atom. The van der Waals surface area contributed by atoms with Crippen molar-refractivity contribution in [2.24, 2.45) is 22.2 Å². The molecule has 0 aliphatic rings. The van der Waals surface area contributed by atoms with Crippen LogP contribution in [0.1, 0.15) is 69.5 Å². The molecule has 14 heteroatoms. The lowest BCUT2D eigenvalue weighted by atomic mass is 9.98. The van der Waals surface area contributed by atoms with Gasteiger partial charge in [0, 0.05) is 59.3 Å². The van der Waals surface area contributed by atoms with E-state index in [9.17, 15) is 9.18 Å². The van der Waals surface area contributed by atoms with Crippen LogP contribution in [0.15, 0.2) is 51.2 Å². The summed E-state index contributed by atoms with van der Waals surface area (Å²) in [4.78, 5) is 27.6. The van der Waals surface area contributed by atoms with Crippen molar-refractivity contribution in [2.75, 3.05) is 39.1 Å². The highest BCUT2D eigenvalue weighted by Gasteiger charge is 2.26. The maximum atomic E-state index is 16.3. The monoisotopic (exact) mass is 732 g/mol. The van der Waals surface area contributed by atoms with E-state index in [-0.39, 0.29) is 34.9 Å². The molecule has 0 aliphatic carbocycles. The smallest absolute Gasteiger partial charge is 0.354 e. The van der Waals surface area contributed by atoms with Crippen LogP contribution in [0.2, 0.25) is 5.02 Å². The summed E-state index contributed by atoms with van der Waals surface area (Å²) in [6.07, 6.45) is 8.15. The highest BCUT2D eigenvalue weighted by molar-refractivity contribution is 7.98. The van der Waals surface area contributed by atoms with Crippen molar-refractivity contribution in [1.29, 1.82) is 0 Å². The second-order valence-electron chi connectivity index (χ2n) is 12.5. The third-order valence-corrected chi connectivity index (χ3v) is 9.68. The van der Waals surface area contributed by atoms with Crippen LogP contribution in [0.3, 0.4) is 0 Å². The normalized spacial score (nSPS) is 13.4. The van der Waals surface area contributed by atoms with Crippen LogP contribution in [0.4, 0.5) is 13.2 Å². The van der Waals surface area contributed by atoms with Gasteiger partial charge < -0.3 is 22.2 Å². The lowest BCUT2D eigenvalue weighted by Gasteiger charge is -2.33. The maximum Gasteiger partial charge on any atom is 0.354 e.